The van der Waals surface area contributed by atoms with Crippen molar-refractivity contribution in [1.82, 2.24) is 0 Å². The first-order chi connectivity index (χ1) is 11.7. The van der Waals surface area contributed by atoms with Crippen molar-refractivity contribution >= 4 is 27.1 Å². The van der Waals surface area contributed by atoms with Gasteiger partial charge in [0.1, 0.15) is 5.75 Å². The van der Waals surface area contributed by atoms with Gasteiger partial charge < -0.3 is 4.74 Å². The Bertz CT molecular complexity index is 928. The summed E-state index contributed by atoms with van der Waals surface area (Å²) in [5, 5.41) is 21.6. The van der Waals surface area contributed by atoms with Crippen LogP contribution in [0.4, 0.5) is 17.1 Å². The zero-order valence-electron chi connectivity index (χ0n) is 12.9. The van der Waals surface area contributed by atoms with Crippen molar-refractivity contribution in [3.63, 3.8) is 0 Å². The van der Waals surface area contributed by atoms with Crippen molar-refractivity contribution in [3.05, 3.63) is 68.3 Å². The number of sulfonamides is 1. The number of ether oxygens (including phenoxy) is 1. The standard InChI is InChI=1S/C14H13N3O7S/c1-24-14-6-5-12(17(20)21)8-13(14)15-25(22,23)9-10-3-2-4-11(7-10)16(18)19/h2-8,15H,9H2,1H3. The van der Waals surface area contributed by atoms with Crippen LogP contribution in [-0.2, 0) is 15.8 Å². The summed E-state index contributed by atoms with van der Waals surface area (Å²) < 4.78 is 31.8. The second kappa shape index (κ2) is 7.13. The predicted octanol–water partition coefficient (Wildman–Crippen LogP) is 2.45. The van der Waals surface area contributed by atoms with Crippen LogP contribution >= 0.6 is 0 Å². The summed E-state index contributed by atoms with van der Waals surface area (Å²) in [4.78, 5) is 20.3. The van der Waals surface area contributed by atoms with Gasteiger partial charge >= 0.3 is 0 Å². The fourth-order valence-corrected chi connectivity index (χ4v) is 3.26. The summed E-state index contributed by atoms with van der Waals surface area (Å²) in [6, 6.07) is 8.66. The monoisotopic (exact) mass is 367 g/mol. The van der Waals surface area contributed by atoms with Crippen LogP contribution in [0.1, 0.15) is 5.56 Å². The topological polar surface area (TPSA) is 142 Å². The summed E-state index contributed by atoms with van der Waals surface area (Å²) in [5.74, 6) is -0.436. The quantitative estimate of drug-likeness (QED) is 0.585. The first-order valence-electron chi connectivity index (χ1n) is 6.78. The zero-order valence-corrected chi connectivity index (χ0v) is 13.7. The van der Waals surface area contributed by atoms with E-state index in [-0.39, 0.29) is 28.4 Å². The smallest absolute Gasteiger partial charge is 0.271 e. The van der Waals surface area contributed by atoms with Crippen molar-refractivity contribution in [1.29, 1.82) is 0 Å². The molecule has 10 nitrogen and oxygen atoms in total. The number of nitro groups is 2. The Kier molecular flexibility index (Phi) is 5.17. The Morgan fingerprint density at radius 1 is 1.04 bits per heavy atom. The average molecular weight is 367 g/mol. The minimum Gasteiger partial charge on any atom is -0.495 e. The molecule has 0 saturated heterocycles. The number of nitro benzene ring substituents is 2. The van der Waals surface area contributed by atoms with Gasteiger partial charge in [-0.05, 0) is 11.6 Å². The molecular weight excluding hydrogens is 354 g/mol. The molecule has 0 radical (unpaired) electrons. The van der Waals surface area contributed by atoms with E-state index in [0.717, 1.165) is 12.1 Å². The number of non-ortho nitro benzene ring substituents is 2. The maximum atomic E-state index is 12.3. The summed E-state index contributed by atoms with van der Waals surface area (Å²) >= 11 is 0. The molecule has 0 atom stereocenters. The number of rotatable bonds is 7. The van der Waals surface area contributed by atoms with Crippen molar-refractivity contribution in [2.24, 2.45) is 0 Å². The summed E-state index contributed by atoms with van der Waals surface area (Å²) in [6.45, 7) is 0. The van der Waals surface area contributed by atoms with Crippen LogP contribution in [0.2, 0.25) is 0 Å². The van der Waals surface area contributed by atoms with Crippen molar-refractivity contribution in [2.75, 3.05) is 11.8 Å². The first-order valence-corrected chi connectivity index (χ1v) is 8.43. The molecule has 2 rings (SSSR count). The molecule has 0 aliphatic carbocycles. The van der Waals surface area contributed by atoms with Gasteiger partial charge in [0, 0.05) is 24.3 Å². The van der Waals surface area contributed by atoms with Gasteiger partial charge in [-0.3, -0.25) is 25.0 Å². The third-order valence-electron chi connectivity index (χ3n) is 3.14. The summed E-state index contributed by atoms with van der Waals surface area (Å²) in [6.07, 6.45) is 0. The molecule has 0 heterocycles. The first kappa shape index (κ1) is 18.1. The molecule has 11 heteroatoms. The Balaban J connectivity index is 2.29. The maximum Gasteiger partial charge on any atom is 0.271 e. The summed E-state index contributed by atoms with van der Waals surface area (Å²) in [5.41, 5.74) is -0.442. The highest BCUT2D eigenvalue weighted by Crippen LogP contribution is 2.30. The third-order valence-corrected chi connectivity index (χ3v) is 4.38. The van der Waals surface area contributed by atoms with Gasteiger partial charge in [-0.25, -0.2) is 8.42 Å². The molecule has 0 fully saturated rings. The molecule has 0 saturated carbocycles. The van der Waals surface area contributed by atoms with Gasteiger partial charge in [-0.1, -0.05) is 12.1 Å². The highest BCUT2D eigenvalue weighted by Gasteiger charge is 2.19. The molecule has 0 spiro atoms. The van der Waals surface area contributed by atoms with Gasteiger partial charge in [0.25, 0.3) is 11.4 Å². The lowest BCUT2D eigenvalue weighted by Gasteiger charge is -2.11. The number of nitrogens with zero attached hydrogens (tertiary/aromatic N) is 2. The third kappa shape index (κ3) is 4.64. The molecule has 132 valence electrons. The van der Waals surface area contributed by atoms with Gasteiger partial charge in [-0.15, -0.1) is 0 Å². The molecule has 0 bridgehead atoms. The minimum absolute atomic E-state index is 0.0952. The Morgan fingerprint density at radius 3 is 2.28 bits per heavy atom. The van der Waals surface area contributed by atoms with Crippen LogP contribution in [0, 0.1) is 20.2 Å². The van der Waals surface area contributed by atoms with E-state index in [1.165, 1.54) is 37.4 Å². The number of hydrogen-bond donors (Lipinski definition) is 1. The highest BCUT2D eigenvalue weighted by molar-refractivity contribution is 7.91. The van der Waals surface area contributed by atoms with Crippen LogP contribution in [0.5, 0.6) is 5.75 Å². The minimum atomic E-state index is -3.98. The maximum absolute atomic E-state index is 12.3. The van der Waals surface area contributed by atoms with Gasteiger partial charge in [0.15, 0.2) is 0 Å². The van der Waals surface area contributed by atoms with Crippen LogP contribution in [0.25, 0.3) is 0 Å². The number of benzene rings is 2. The Labute approximate surface area is 142 Å². The summed E-state index contributed by atoms with van der Waals surface area (Å²) in [7, 11) is -2.69. The lowest BCUT2D eigenvalue weighted by Crippen LogP contribution is -2.16. The average Bonchev–Trinajstić information content (AvgIpc) is 2.54. The van der Waals surface area contributed by atoms with Gasteiger partial charge in [-0.2, -0.15) is 0 Å². The molecule has 1 N–H and O–H groups in total. The van der Waals surface area contributed by atoms with Crippen LogP contribution in [0.15, 0.2) is 42.5 Å². The van der Waals surface area contributed by atoms with E-state index in [1.807, 2.05) is 0 Å². The van der Waals surface area contributed by atoms with E-state index in [9.17, 15) is 28.6 Å². The normalized spacial score (nSPS) is 10.9. The van der Waals surface area contributed by atoms with Crippen molar-refractivity contribution in [3.8, 4) is 5.75 Å². The van der Waals surface area contributed by atoms with E-state index in [4.69, 9.17) is 4.74 Å². The number of hydrogen-bond acceptors (Lipinski definition) is 7. The second-order valence-electron chi connectivity index (χ2n) is 4.93. The Morgan fingerprint density at radius 2 is 1.68 bits per heavy atom. The number of methoxy groups -OCH3 is 1. The van der Waals surface area contributed by atoms with Crippen LogP contribution < -0.4 is 9.46 Å². The molecule has 2 aromatic carbocycles. The van der Waals surface area contributed by atoms with Crippen LogP contribution in [0.3, 0.4) is 0 Å². The van der Waals surface area contributed by atoms with Crippen molar-refractivity contribution in [2.45, 2.75) is 5.75 Å². The molecular formula is C14H13N3O7S. The molecule has 0 unspecified atom stereocenters. The van der Waals surface area contributed by atoms with Crippen LogP contribution in [-0.4, -0.2) is 25.4 Å². The number of nitrogens with one attached hydrogen (secondary N) is 1. The SMILES string of the molecule is COc1ccc([N+](=O)[O-])cc1NS(=O)(=O)Cc1cccc([N+](=O)[O-])c1. The van der Waals surface area contributed by atoms with E-state index in [0.29, 0.717) is 0 Å². The molecule has 0 aliphatic rings. The lowest BCUT2D eigenvalue weighted by molar-refractivity contribution is -0.385. The van der Waals surface area contributed by atoms with E-state index in [2.05, 4.69) is 4.72 Å². The lowest BCUT2D eigenvalue weighted by atomic mass is 10.2. The van der Waals surface area contributed by atoms with Gasteiger partial charge in [0.05, 0.1) is 28.4 Å². The van der Waals surface area contributed by atoms with E-state index < -0.39 is 25.6 Å². The van der Waals surface area contributed by atoms with Gasteiger partial charge in [0.2, 0.25) is 10.0 Å². The molecule has 25 heavy (non-hydrogen) atoms. The second-order valence-corrected chi connectivity index (χ2v) is 6.65. The molecule has 2 aromatic rings. The molecule has 0 aliphatic heterocycles. The fraction of sp³-hybridized carbons (Fsp3) is 0.143. The van der Waals surface area contributed by atoms with E-state index in [1.54, 1.807) is 0 Å². The fourth-order valence-electron chi connectivity index (χ4n) is 2.07. The van der Waals surface area contributed by atoms with E-state index >= 15 is 0 Å². The number of anilines is 1. The highest BCUT2D eigenvalue weighted by atomic mass is 32.2. The Hall–Kier alpha value is -3.21. The zero-order chi connectivity index (χ0) is 18.6. The van der Waals surface area contributed by atoms with Crippen molar-refractivity contribution < 1.29 is 23.0 Å². The molecule has 0 amide bonds. The largest absolute Gasteiger partial charge is 0.495 e. The predicted molar refractivity (Wildman–Crippen MR) is 89.0 cm³/mol. The molecule has 0 aromatic heterocycles.